The summed E-state index contributed by atoms with van der Waals surface area (Å²) in [6.07, 6.45) is -0.874. The second-order valence-electron chi connectivity index (χ2n) is 7.19. The van der Waals surface area contributed by atoms with Gasteiger partial charge in [0.15, 0.2) is 6.10 Å². The second kappa shape index (κ2) is 9.91. The van der Waals surface area contributed by atoms with Gasteiger partial charge in [-0.3, -0.25) is 14.4 Å². The molecular formula is C23H26N2O5. The summed E-state index contributed by atoms with van der Waals surface area (Å²) < 4.78 is 10.7. The third-order valence-corrected chi connectivity index (χ3v) is 4.86. The van der Waals surface area contributed by atoms with Gasteiger partial charge >= 0.3 is 5.97 Å². The third-order valence-electron chi connectivity index (χ3n) is 4.86. The summed E-state index contributed by atoms with van der Waals surface area (Å²) in [5, 5.41) is 2.71. The van der Waals surface area contributed by atoms with Gasteiger partial charge in [0.1, 0.15) is 5.75 Å². The summed E-state index contributed by atoms with van der Waals surface area (Å²) in [5.41, 5.74) is 1.58. The van der Waals surface area contributed by atoms with Crippen LogP contribution in [-0.4, -0.2) is 41.9 Å². The van der Waals surface area contributed by atoms with Crippen molar-refractivity contribution in [3.8, 4) is 5.75 Å². The quantitative estimate of drug-likeness (QED) is 0.677. The van der Waals surface area contributed by atoms with Crippen LogP contribution in [0.1, 0.15) is 25.8 Å². The van der Waals surface area contributed by atoms with Crippen molar-refractivity contribution < 1.29 is 23.9 Å². The Labute approximate surface area is 176 Å². The molecule has 7 nitrogen and oxygen atoms in total. The third kappa shape index (κ3) is 5.59. The van der Waals surface area contributed by atoms with E-state index in [1.54, 1.807) is 29.2 Å². The average molecular weight is 410 g/mol. The van der Waals surface area contributed by atoms with E-state index in [4.69, 9.17) is 9.47 Å². The van der Waals surface area contributed by atoms with Crippen LogP contribution in [-0.2, 0) is 25.7 Å². The molecule has 0 spiro atoms. The molecule has 0 aromatic heterocycles. The van der Waals surface area contributed by atoms with Crippen molar-refractivity contribution in [3.05, 3.63) is 60.2 Å². The van der Waals surface area contributed by atoms with Crippen molar-refractivity contribution in [2.45, 2.75) is 32.9 Å². The number of esters is 1. The number of anilines is 1. The van der Waals surface area contributed by atoms with Gasteiger partial charge in [-0.2, -0.15) is 0 Å². The first kappa shape index (κ1) is 21.4. The fourth-order valence-electron chi connectivity index (χ4n) is 3.26. The van der Waals surface area contributed by atoms with Crippen molar-refractivity contribution in [3.63, 3.8) is 0 Å². The van der Waals surface area contributed by atoms with Crippen LogP contribution < -0.4 is 10.1 Å². The largest absolute Gasteiger partial charge is 0.494 e. The van der Waals surface area contributed by atoms with Crippen LogP contribution in [0, 0.1) is 5.92 Å². The molecule has 0 bridgehead atoms. The second-order valence-corrected chi connectivity index (χ2v) is 7.19. The molecule has 1 heterocycles. The van der Waals surface area contributed by atoms with Crippen LogP contribution in [0.15, 0.2) is 54.6 Å². The lowest BCUT2D eigenvalue weighted by Crippen LogP contribution is -2.33. The number of carbonyl (C=O) groups excluding carboxylic acids is 3. The summed E-state index contributed by atoms with van der Waals surface area (Å²) in [7, 11) is 0. The Morgan fingerprint density at radius 3 is 2.50 bits per heavy atom. The molecule has 0 saturated carbocycles. The monoisotopic (exact) mass is 410 g/mol. The first-order valence-electron chi connectivity index (χ1n) is 10.0. The van der Waals surface area contributed by atoms with Crippen molar-refractivity contribution in [2.75, 3.05) is 18.5 Å². The predicted molar refractivity (Wildman–Crippen MR) is 112 cm³/mol. The zero-order valence-corrected chi connectivity index (χ0v) is 17.2. The molecule has 2 atom stereocenters. The van der Waals surface area contributed by atoms with Gasteiger partial charge in [-0.05, 0) is 43.7 Å². The highest BCUT2D eigenvalue weighted by atomic mass is 16.5. The van der Waals surface area contributed by atoms with Gasteiger partial charge in [-0.15, -0.1) is 0 Å². The van der Waals surface area contributed by atoms with E-state index in [0.717, 1.165) is 5.56 Å². The minimum Gasteiger partial charge on any atom is -0.494 e. The van der Waals surface area contributed by atoms with E-state index >= 15 is 0 Å². The number of hydrogen-bond donors (Lipinski definition) is 1. The predicted octanol–water partition coefficient (Wildman–Crippen LogP) is 3.00. The fraction of sp³-hybridized carbons (Fsp3) is 0.348. The molecule has 0 aliphatic carbocycles. The summed E-state index contributed by atoms with van der Waals surface area (Å²) in [5.74, 6) is -0.915. The van der Waals surface area contributed by atoms with Crippen LogP contribution in [0.5, 0.6) is 5.75 Å². The standard InChI is InChI=1S/C23H26N2O5/c1-3-29-20-11-9-19(10-12-20)24-22(27)16(2)30-23(28)18-13-21(26)25(15-18)14-17-7-5-4-6-8-17/h4-12,16,18H,3,13-15H2,1-2H3,(H,24,27)/t16-,18+/m1/s1. The van der Waals surface area contributed by atoms with E-state index in [0.29, 0.717) is 31.1 Å². The van der Waals surface area contributed by atoms with Crippen LogP contribution >= 0.6 is 0 Å². The number of benzene rings is 2. The zero-order chi connectivity index (χ0) is 21.5. The Morgan fingerprint density at radius 1 is 1.13 bits per heavy atom. The molecule has 158 valence electrons. The molecule has 1 fully saturated rings. The van der Waals surface area contributed by atoms with Crippen LogP contribution in [0.25, 0.3) is 0 Å². The summed E-state index contributed by atoms with van der Waals surface area (Å²) in [6.45, 7) is 4.72. The van der Waals surface area contributed by atoms with Crippen LogP contribution in [0.2, 0.25) is 0 Å². The molecule has 0 unspecified atom stereocenters. The summed E-state index contributed by atoms with van der Waals surface area (Å²) in [6, 6.07) is 16.5. The van der Waals surface area contributed by atoms with Crippen molar-refractivity contribution >= 4 is 23.5 Å². The number of nitrogens with zero attached hydrogens (tertiary/aromatic N) is 1. The highest BCUT2D eigenvalue weighted by Gasteiger charge is 2.36. The van der Waals surface area contributed by atoms with E-state index in [2.05, 4.69) is 5.32 Å². The van der Waals surface area contributed by atoms with Crippen molar-refractivity contribution in [1.29, 1.82) is 0 Å². The molecule has 7 heteroatoms. The molecule has 2 aromatic rings. The van der Waals surface area contributed by atoms with E-state index < -0.39 is 23.9 Å². The Kier molecular flexibility index (Phi) is 7.06. The Balaban J connectivity index is 1.49. The molecule has 2 amide bonds. The van der Waals surface area contributed by atoms with Gasteiger partial charge in [-0.25, -0.2) is 0 Å². The maximum absolute atomic E-state index is 12.5. The number of ether oxygens (including phenoxy) is 2. The molecular weight excluding hydrogens is 384 g/mol. The molecule has 1 aliphatic heterocycles. The lowest BCUT2D eigenvalue weighted by atomic mass is 10.1. The zero-order valence-electron chi connectivity index (χ0n) is 17.2. The summed E-state index contributed by atoms with van der Waals surface area (Å²) >= 11 is 0. The number of carbonyl (C=O) groups is 3. The van der Waals surface area contributed by atoms with E-state index in [9.17, 15) is 14.4 Å². The smallest absolute Gasteiger partial charge is 0.312 e. The Hall–Kier alpha value is -3.35. The van der Waals surface area contributed by atoms with Gasteiger partial charge in [0.05, 0.1) is 12.5 Å². The van der Waals surface area contributed by atoms with Gasteiger partial charge in [-0.1, -0.05) is 30.3 Å². The maximum Gasteiger partial charge on any atom is 0.312 e. The first-order chi connectivity index (χ1) is 14.5. The SMILES string of the molecule is CCOc1ccc(NC(=O)[C@@H](C)OC(=O)[C@H]2CC(=O)N(Cc3ccccc3)C2)cc1. The van der Waals surface area contributed by atoms with E-state index in [-0.39, 0.29) is 12.3 Å². The van der Waals surface area contributed by atoms with Crippen molar-refractivity contribution in [2.24, 2.45) is 5.92 Å². The van der Waals surface area contributed by atoms with Gasteiger partial charge < -0.3 is 19.7 Å². The molecule has 1 aliphatic rings. The fourth-order valence-corrected chi connectivity index (χ4v) is 3.26. The van der Waals surface area contributed by atoms with E-state index in [1.807, 2.05) is 37.3 Å². The van der Waals surface area contributed by atoms with Crippen LogP contribution in [0.3, 0.4) is 0 Å². The first-order valence-corrected chi connectivity index (χ1v) is 10.0. The number of nitrogens with one attached hydrogen (secondary N) is 1. The highest BCUT2D eigenvalue weighted by molar-refractivity contribution is 5.95. The lowest BCUT2D eigenvalue weighted by Gasteiger charge is -2.18. The topological polar surface area (TPSA) is 84.9 Å². The molecule has 0 radical (unpaired) electrons. The maximum atomic E-state index is 12.5. The Bertz CT molecular complexity index is 882. The number of hydrogen-bond acceptors (Lipinski definition) is 5. The van der Waals surface area contributed by atoms with E-state index in [1.165, 1.54) is 6.92 Å². The molecule has 1 N–H and O–H groups in total. The number of rotatable bonds is 8. The number of amides is 2. The number of likely N-dealkylation sites (tertiary alicyclic amines) is 1. The lowest BCUT2D eigenvalue weighted by molar-refractivity contribution is -0.157. The van der Waals surface area contributed by atoms with Gasteiger partial charge in [0, 0.05) is 25.2 Å². The molecule has 1 saturated heterocycles. The van der Waals surface area contributed by atoms with Crippen LogP contribution in [0.4, 0.5) is 5.69 Å². The highest BCUT2D eigenvalue weighted by Crippen LogP contribution is 2.22. The van der Waals surface area contributed by atoms with Gasteiger partial charge in [0.25, 0.3) is 5.91 Å². The average Bonchev–Trinajstić information content (AvgIpc) is 3.11. The normalized spacial score (nSPS) is 16.8. The minimum atomic E-state index is -0.970. The van der Waals surface area contributed by atoms with Crippen molar-refractivity contribution in [1.82, 2.24) is 4.90 Å². The summed E-state index contributed by atoms with van der Waals surface area (Å²) in [4.78, 5) is 38.7. The minimum absolute atomic E-state index is 0.0905. The Morgan fingerprint density at radius 2 is 1.83 bits per heavy atom. The molecule has 30 heavy (non-hydrogen) atoms. The molecule has 2 aromatic carbocycles. The molecule has 3 rings (SSSR count). The van der Waals surface area contributed by atoms with Gasteiger partial charge in [0.2, 0.25) is 5.91 Å².